The molecule has 0 saturated heterocycles. The number of phenols is 1. The lowest BCUT2D eigenvalue weighted by atomic mass is 10.1. The third kappa shape index (κ3) is 3.27. The number of carbonyl (C=O) groups excluding carboxylic acids is 1. The summed E-state index contributed by atoms with van der Waals surface area (Å²) in [5.74, 6) is 0.382. The monoisotopic (exact) mass is 332 g/mol. The zero-order valence-corrected chi connectivity index (χ0v) is 12.4. The molecule has 1 N–H and O–H groups in total. The van der Waals surface area contributed by atoms with E-state index < -0.39 is 0 Å². The summed E-state index contributed by atoms with van der Waals surface area (Å²) in [7, 11) is 1.58. The van der Waals surface area contributed by atoms with Crippen LogP contribution < -0.4 is 4.74 Å². The van der Waals surface area contributed by atoms with Crippen LogP contribution in [-0.2, 0) is 0 Å². The van der Waals surface area contributed by atoms with Gasteiger partial charge in [-0.15, -0.1) is 0 Å². The number of rotatable bonds is 4. The highest BCUT2D eigenvalue weighted by atomic mass is 79.9. The van der Waals surface area contributed by atoms with Crippen molar-refractivity contribution < 1.29 is 14.6 Å². The van der Waals surface area contributed by atoms with Crippen molar-refractivity contribution in [3.8, 4) is 11.5 Å². The average Bonchev–Trinajstić information content (AvgIpc) is 2.47. The third-order valence-corrected chi connectivity index (χ3v) is 3.27. The summed E-state index contributed by atoms with van der Waals surface area (Å²) in [6.07, 6.45) is 3.08. The van der Waals surface area contributed by atoms with Gasteiger partial charge in [0.15, 0.2) is 5.78 Å². The fraction of sp³-hybridized carbons (Fsp3) is 0.0625. The number of halogens is 1. The number of benzene rings is 2. The van der Waals surface area contributed by atoms with Gasteiger partial charge in [-0.3, -0.25) is 4.79 Å². The van der Waals surface area contributed by atoms with E-state index in [-0.39, 0.29) is 17.1 Å². The van der Waals surface area contributed by atoms with Gasteiger partial charge in [0.1, 0.15) is 11.5 Å². The van der Waals surface area contributed by atoms with Gasteiger partial charge in [0.25, 0.3) is 0 Å². The zero-order chi connectivity index (χ0) is 14.5. The maximum atomic E-state index is 12.1. The van der Waals surface area contributed by atoms with Gasteiger partial charge in [-0.1, -0.05) is 34.1 Å². The molecule has 2 rings (SSSR count). The van der Waals surface area contributed by atoms with Crippen molar-refractivity contribution in [1.29, 1.82) is 0 Å². The molecule has 20 heavy (non-hydrogen) atoms. The number of aromatic hydroxyl groups is 1. The first-order valence-corrected chi connectivity index (χ1v) is 6.75. The second-order valence-electron chi connectivity index (χ2n) is 4.10. The number of ether oxygens (including phenoxy) is 1. The molecule has 0 saturated carbocycles. The molecule has 0 aliphatic carbocycles. The minimum absolute atomic E-state index is 0.0390. The number of ketones is 1. The molecule has 0 amide bonds. The molecule has 0 radical (unpaired) electrons. The summed E-state index contributed by atoms with van der Waals surface area (Å²) < 4.78 is 5.95. The van der Waals surface area contributed by atoms with Gasteiger partial charge in [-0.25, -0.2) is 0 Å². The van der Waals surface area contributed by atoms with Gasteiger partial charge >= 0.3 is 0 Å². The highest BCUT2D eigenvalue weighted by molar-refractivity contribution is 9.10. The van der Waals surface area contributed by atoms with Gasteiger partial charge in [-0.2, -0.15) is 0 Å². The number of carbonyl (C=O) groups is 1. The van der Waals surface area contributed by atoms with Crippen molar-refractivity contribution >= 4 is 27.8 Å². The fourth-order valence-corrected chi connectivity index (χ4v) is 2.13. The normalized spacial score (nSPS) is 10.7. The largest absolute Gasteiger partial charge is 0.507 e. The number of para-hydroxylation sites is 1. The maximum Gasteiger partial charge on any atom is 0.189 e. The highest BCUT2D eigenvalue weighted by Crippen LogP contribution is 2.24. The van der Waals surface area contributed by atoms with Crippen LogP contribution in [0, 0.1) is 0 Å². The molecule has 2 aromatic carbocycles. The van der Waals surface area contributed by atoms with Crippen LogP contribution in [-0.4, -0.2) is 18.0 Å². The van der Waals surface area contributed by atoms with Gasteiger partial charge in [-0.05, 0) is 36.4 Å². The molecular formula is C16H13BrO3. The van der Waals surface area contributed by atoms with Crippen molar-refractivity contribution in [2.24, 2.45) is 0 Å². The number of hydrogen-bond acceptors (Lipinski definition) is 3. The van der Waals surface area contributed by atoms with E-state index >= 15 is 0 Å². The Hall–Kier alpha value is -2.07. The summed E-state index contributed by atoms with van der Waals surface area (Å²) in [6.45, 7) is 0. The lowest BCUT2D eigenvalue weighted by Gasteiger charge is -2.04. The first-order valence-electron chi connectivity index (χ1n) is 5.96. The standard InChI is InChI=1S/C16H13BrO3/c1-20-16-5-3-2-4-11(16)6-8-14(18)13-10-12(17)7-9-15(13)19/h2-10,19H,1H3. The molecule has 0 spiro atoms. The Morgan fingerprint density at radius 2 is 2.00 bits per heavy atom. The SMILES string of the molecule is COc1ccccc1C=CC(=O)c1cc(Br)ccc1O. The van der Waals surface area contributed by atoms with Crippen molar-refractivity contribution in [2.45, 2.75) is 0 Å². The van der Waals surface area contributed by atoms with Crippen LogP contribution in [0.25, 0.3) is 6.08 Å². The van der Waals surface area contributed by atoms with Gasteiger partial charge in [0.2, 0.25) is 0 Å². The Morgan fingerprint density at radius 3 is 2.75 bits per heavy atom. The van der Waals surface area contributed by atoms with E-state index in [0.717, 1.165) is 10.0 Å². The van der Waals surface area contributed by atoms with E-state index in [9.17, 15) is 9.90 Å². The van der Waals surface area contributed by atoms with Crippen LogP contribution in [0.4, 0.5) is 0 Å². The van der Waals surface area contributed by atoms with E-state index in [2.05, 4.69) is 15.9 Å². The summed E-state index contributed by atoms with van der Waals surface area (Å²) in [5.41, 5.74) is 1.06. The first kappa shape index (κ1) is 14.3. The molecule has 0 fully saturated rings. The van der Waals surface area contributed by atoms with E-state index in [1.165, 1.54) is 12.1 Å². The molecule has 2 aromatic rings. The summed E-state index contributed by atoms with van der Waals surface area (Å²) >= 11 is 3.28. The Balaban J connectivity index is 2.27. The van der Waals surface area contributed by atoms with Crippen LogP contribution in [0.1, 0.15) is 15.9 Å². The van der Waals surface area contributed by atoms with E-state index in [0.29, 0.717) is 5.75 Å². The molecule has 4 heteroatoms. The average molecular weight is 333 g/mol. The second-order valence-corrected chi connectivity index (χ2v) is 5.02. The molecule has 0 heterocycles. The summed E-state index contributed by atoms with van der Waals surface area (Å²) in [6, 6.07) is 12.1. The molecule has 0 unspecified atom stereocenters. The lowest BCUT2D eigenvalue weighted by molar-refractivity contribution is 0.104. The molecule has 0 aliphatic rings. The molecular weight excluding hydrogens is 320 g/mol. The first-order chi connectivity index (χ1) is 9.61. The molecule has 0 bridgehead atoms. The molecule has 0 atom stereocenters. The van der Waals surface area contributed by atoms with E-state index in [4.69, 9.17) is 4.74 Å². The Labute approximate surface area is 125 Å². The number of methoxy groups -OCH3 is 1. The summed E-state index contributed by atoms with van der Waals surface area (Å²) in [5, 5.41) is 9.70. The molecule has 3 nitrogen and oxygen atoms in total. The number of hydrogen-bond donors (Lipinski definition) is 1. The van der Waals surface area contributed by atoms with Crippen LogP contribution >= 0.6 is 15.9 Å². The van der Waals surface area contributed by atoms with Crippen LogP contribution in [0.2, 0.25) is 0 Å². The second kappa shape index (κ2) is 6.39. The van der Waals surface area contributed by atoms with Gasteiger partial charge < -0.3 is 9.84 Å². The predicted octanol–water partition coefficient (Wildman–Crippen LogP) is 4.06. The van der Waals surface area contributed by atoms with Gasteiger partial charge in [0, 0.05) is 10.0 Å². The molecule has 0 aromatic heterocycles. The Morgan fingerprint density at radius 1 is 1.25 bits per heavy atom. The van der Waals surface area contributed by atoms with Crippen molar-refractivity contribution in [2.75, 3.05) is 7.11 Å². The van der Waals surface area contributed by atoms with Crippen molar-refractivity contribution in [3.05, 3.63) is 64.1 Å². The Bertz CT molecular complexity index is 663. The minimum atomic E-state index is -0.269. The van der Waals surface area contributed by atoms with Crippen molar-refractivity contribution in [1.82, 2.24) is 0 Å². The summed E-state index contributed by atoms with van der Waals surface area (Å²) in [4.78, 5) is 12.1. The topological polar surface area (TPSA) is 46.5 Å². The van der Waals surface area contributed by atoms with Crippen LogP contribution in [0.3, 0.4) is 0 Å². The maximum absolute atomic E-state index is 12.1. The smallest absolute Gasteiger partial charge is 0.189 e. The van der Waals surface area contributed by atoms with Gasteiger partial charge in [0.05, 0.1) is 12.7 Å². The lowest BCUT2D eigenvalue weighted by Crippen LogP contribution is -1.95. The Kier molecular flexibility index (Phi) is 4.58. The number of phenolic OH excluding ortho intramolecular Hbond substituents is 1. The van der Waals surface area contributed by atoms with E-state index in [1.54, 1.807) is 25.3 Å². The minimum Gasteiger partial charge on any atom is -0.507 e. The van der Waals surface area contributed by atoms with Crippen LogP contribution in [0.15, 0.2) is 53.0 Å². The van der Waals surface area contributed by atoms with Crippen LogP contribution in [0.5, 0.6) is 11.5 Å². The quantitative estimate of drug-likeness (QED) is 0.678. The van der Waals surface area contributed by atoms with Crippen molar-refractivity contribution in [3.63, 3.8) is 0 Å². The molecule has 102 valence electrons. The third-order valence-electron chi connectivity index (χ3n) is 2.78. The van der Waals surface area contributed by atoms with E-state index in [1.807, 2.05) is 24.3 Å². The predicted molar refractivity (Wildman–Crippen MR) is 82.2 cm³/mol. The zero-order valence-electron chi connectivity index (χ0n) is 10.8. The molecule has 0 aliphatic heterocycles. The fourth-order valence-electron chi connectivity index (χ4n) is 1.76. The number of allylic oxidation sites excluding steroid dienone is 1. The highest BCUT2D eigenvalue weighted by Gasteiger charge is 2.09.